The van der Waals surface area contributed by atoms with Gasteiger partial charge in [0.2, 0.25) is 0 Å². The molecule has 0 rings (SSSR count). The predicted molar refractivity (Wildman–Crippen MR) is 193 cm³/mol. The van der Waals surface area contributed by atoms with Crippen molar-refractivity contribution in [2.75, 3.05) is 13.2 Å². The number of esters is 2. The summed E-state index contributed by atoms with van der Waals surface area (Å²) in [6.07, 6.45) is 38.6. The Morgan fingerprint density at radius 3 is 1.43 bits per heavy atom. The Hall–Kier alpha value is -1.73. The predicted octanol–water partition coefficient (Wildman–Crippen LogP) is 11.0. The molecule has 0 unspecified atom stereocenters. The molecular weight excluding hydrogens is 615 g/mol. The van der Waals surface area contributed by atoms with Gasteiger partial charge in [0, 0.05) is 12.8 Å². The van der Waals surface area contributed by atoms with Crippen LogP contribution in [0.3, 0.4) is 0 Å². The molecule has 8 nitrogen and oxygen atoms in total. The number of hydrogen-bond acceptors (Lipinski definition) is 6. The number of carbonyl (C=O) groups excluding carboxylic acids is 2. The van der Waals surface area contributed by atoms with Crippen LogP contribution < -0.4 is 0 Å². The lowest BCUT2D eigenvalue weighted by atomic mass is 10.1. The van der Waals surface area contributed by atoms with Gasteiger partial charge in [-0.1, -0.05) is 127 Å². The molecule has 0 spiro atoms. The highest BCUT2D eigenvalue weighted by Gasteiger charge is 2.22. The summed E-state index contributed by atoms with van der Waals surface area (Å²) >= 11 is 0. The Morgan fingerprint density at radius 1 is 0.553 bits per heavy atom. The number of phosphoric acid groups is 1. The van der Waals surface area contributed by atoms with Crippen LogP contribution in [0.2, 0.25) is 0 Å². The number of hydrogen-bond donors (Lipinski definition) is 2. The van der Waals surface area contributed by atoms with Crippen LogP contribution in [0, 0.1) is 0 Å². The number of unbranched alkanes of at least 4 members (excludes halogenated alkanes) is 18. The molecule has 9 heteroatoms. The number of allylic oxidation sites excluding steroid dienone is 6. The van der Waals surface area contributed by atoms with Gasteiger partial charge in [0.15, 0.2) is 6.10 Å². The quantitative estimate of drug-likeness (QED) is 0.0297. The molecule has 0 bridgehead atoms. The summed E-state index contributed by atoms with van der Waals surface area (Å²) in [5, 5.41) is 0. The summed E-state index contributed by atoms with van der Waals surface area (Å²) in [7, 11) is -4.75. The lowest BCUT2D eigenvalue weighted by Gasteiger charge is -2.18. The molecule has 1 atom stereocenters. The minimum Gasteiger partial charge on any atom is -0.462 e. The van der Waals surface area contributed by atoms with Gasteiger partial charge < -0.3 is 19.3 Å². The molecule has 0 aliphatic heterocycles. The van der Waals surface area contributed by atoms with Gasteiger partial charge in [0.1, 0.15) is 6.61 Å². The van der Waals surface area contributed by atoms with E-state index in [9.17, 15) is 14.2 Å². The van der Waals surface area contributed by atoms with Crippen molar-refractivity contribution in [2.45, 2.75) is 180 Å². The van der Waals surface area contributed by atoms with Gasteiger partial charge in [-0.25, -0.2) is 4.57 Å². The Labute approximate surface area is 287 Å². The molecule has 2 N–H and O–H groups in total. The van der Waals surface area contributed by atoms with Crippen molar-refractivity contribution in [3.05, 3.63) is 36.5 Å². The van der Waals surface area contributed by atoms with Gasteiger partial charge in [-0.05, 0) is 70.6 Å². The van der Waals surface area contributed by atoms with E-state index in [-0.39, 0.29) is 19.4 Å². The van der Waals surface area contributed by atoms with Crippen molar-refractivity contribution < 1.29 is 37.9 Å². The van der Waals surface area contributed by atoms with E-state index < -0.39 is 32.5 Å². The van der Waals surface area contributed by atoms with Crippen molar-refractivity contribution in [3.8, 4) is 0 Å². The van der Waals surface area contributed by atoms with E-state index in [2.05, 4.69) is 54.8 Å². The lowest BCUT2D eigenvalue weighted by molar-refractivity contribution is -0.161. The van der Waals surface area contributed by atoms with Gasteiger partial charge in [-0.15, -0.1) is 0 Å². The highest BCUT2D eigenvalue weighted by Crippen LogP contribution is 2.36. The van der Waals surface area contributed by atoms with Gasteiger partial charge in [-0.2, -0.15) is 0 Å². The second-order valence-corrected chi connectivity index (χ2v) is 13.8. The summed E-state index contributed by atoms with van der Waals surface area (Å²) in [6.45, 7) is 3.61. The summed E-state index contributed by atoms with van der Waals surface area (Å²) < 4.78 is 26.3. The lowest BCUT2D eigenvalue weighted by Crippen LogP contribution is -2.29. The zero-order valence-electron chi connectivity index (χ0n) is 29.9. The molecule has 0 aromatic rings. The molecule has 0 amide bonds. The van der Waals surface area contributed by atoms with Crippen LogP contribution in [0.25, 0.3) is 0 Å². The number of phosphoric ester groups is 1. The zero-order chi connectivity index (χ0) is 34.7. The average Bonchev–Trinajstić information content (AvgIpc) is 3.04. The normalized spacial score (nSPS) is 12.9. The van der Waals surface area contributed by atoms with E-state index in [1.165, 1.54) is 64.2 Å². The van der Waals surface area contributed by atoms with Crippen molar-refractivity contribution in [1.82, 2.24) is 0 Å². The molecule has 0 aromatic carbocycles. The van der Waals surface area contributed by atoms with Gasteiger partial charge >= 0.3 is 19.8 Å². The minimum absolute atomic E-state index is 0.200. The fourth-order valence-corrected chi connectivity index (χ4v) is 5.40. The SMILES string of the molecule is CCCCC/C=C\C/C=C\CCCCCCCCCC(=O)OC[C@H](COP(=O)(O)O)OC(=O)CCCCCCC/C=C\CCCCC. The monoisotopic (exact) mass is 684 g/mol. The maximum absolute atomic E-state index is 12.3. The number of rotatable bonds is 34. The average molecular weight is 685 g/mol. The van der Waals surface area contributed by atoms with Gasteiger partial charge in [-0.3, -0.25) is 14.1 Å². The highest BCUT2D eigenvalue weighted by atomic mass is 31.2. The third-order valence-corrected chi connectivity index (χ3v) is 8.37. The van der Waals surface area contributed by atoms with E-state index in [0.717, 1.165) is 70.6 Å². The molecule has 0 aliphatic rings. The van der Waals surface area contributed by atoms with E-state index in [4.69, 9.17) is 19.3 Å². The second-order valence-electron chi connectivity index (χ2n) is 12.5. The summed E-state index contributed by atoms with van der Waals surface area (Å²) in [4.78, 5) is 42.6. The first-order chi connectivity index (χ1) is 22.8. The Bertz CT molecular complexity index is 864. The van der Waals surface area contributed by atoms with Crippen molar-refractivity contribution in [1.29, 1.82) is 0 Å². The Kier molecular flexibility index (Phi) is 32.9. The Morgan fingerprint density at radius 2 is 0.957 bits per heavy atom. The van der Waals surface area contributed by atoms with E-state index >= 15 is 0 Å². The van der Waals surface area contributed by atoms with Crippen LogP contribution >= 0.6 is 7.82 Å². The number of carbonyl (C=O) groups is 2. The fraction of sp³-hybridized carbons (Fsp3) is 0.789. The highest BCUT2D eigenvalue weighted by molar-refractivity contribution is 7.46. The molecule has 0 radical (unpaired) electrons. The topological polar surface area (TPSA) is 119 Å². The zero-order valence-corrected chi connectivity index (χ0v) is 30.8. The summed E-state index contributed by atoms with van der Waals surface area (Å²) in [5.41, 5.74) is 0. The smallest absolute Gasteiger partial charge is 0.462 e. The largest absolute Gasteiger partial charge is 0.469 e. The molecule has 0 saturated heterocycles. The molecule has 0 saturated carbocycles. The van der Waals surface area contributed by atoms with Crippen LogP contribution in [0.1, 0.15) is 174 Å². The summed E-state index contributed by atoms with van der Waals surface area (Å²) in [6, 6.07) is 0. The molecule has 47 heavy (non-hydrogen) atoms. The minimum atomic E-state index is -4.75. The standard InChI is InChI=1S/C38H69O8P/c1-3-5-7-9-11-13-15-17-18-19-20-21-23-24-26-28-30-32-37(39)44-34-36(35-45-47(41,42)43)46-38(40)33-31-29-27-25-22-16-14-12-10-8-6-4-2/h11-14,17-18,36H,3-10,15-16,19-35H2,1-2H3,(H2,41,42,43)/b13-11-,14-12-,18-17-/t36-/m1/s1. The third kappa shape index (κ3) is 36.9. The fourth-order valence-electron chi connectivity index (χ4n) is 5.04. The van der Waals surface area contributed by atoms with Crippen molar-refractivity contribution >= 4 is 19.8 Å². The van der Waals surface area contributed by atoms with Gasteiger partial charge in [0.25, 0.3) is 0 Å². The van der Waals surface area contributed by atoms with Crippen molar-refractivity contribution in [3.63, 3.8) is 0 Å². The maximum atomic E-state index is 12.3. The molecular formula is C38H69O8P. The van der Waals surface area contributed by atoms with Crippen LogP contribution in [-0.4, -0.2) is 41.0 Å². The van der Waals surface area contributed by atoms with Gasteiger partial charge in [0.05, 0.1) is 6.61 Å². The number of ether oxygens (including phenoxy) is 2. The van der Waals surface area contributed by atoms with Crippen LogP contribution in [-0.2, 0) is 28.2 Å². The molecule has 0 heterocycles. The van der Waals surface area contributed by atoms with Crippen LogP contribution in [0.4, 0.5) is 0 Å². The first-order valence-corrected chi connectivity index (χ1v) is 20.3. The molecule has 0 fully saturated rings. The van der Waals surface area contributed by atoms with Crippen LogP contribution in [0.5, 0.6) is 0 Å². The van der Waals surface area contributed by atoms with E-state index in [1.807, 2.05) is 0 Å². The molecule has 0 aromatic heterocycles. The summed E-state index contributed by atoms with van der Waals surface area (Å²) in [5.74, 6) is -0.905. The molecule has 274 valence electrons. The van der Waals surface area contributed by atoms with Crippen molar-refractivity contribution in [2.24, 2.45) is 0 Å². The third-order valence-electron chi connectivity index (χ3n) is 7.88. The second kappa shape index (κ2) is 34.1. The first kappa shape index (κ1) is 45.3. The van der Waals surface area contributed by atoms with E-state index in [0.29, 0.717) is 12.8 Å². The first-order valence-electron chi connectivity index (χ1n) is 18.8. The Balaban J connectivity index is 3.97. The maximum Gasteiger partial charge on any atom is 0.469 e. The molecule has 0 aliphatic carbocycles. The van der Waals surface area contributed by atoms with Crippen LogP contribution in [0.15, 0.2) is 36.5 Å². The van der Waals surface area contributed by atoms with E-state index in [1.54, 1.807) is 0 Å².